The topological polar surface area (TPSA) is 165 Å². The molecule has 0 bridgehead atoms. The molecule has 3 N–H and O–H groups in total. The number of ether oxygens (including phenoxy) is 4. The Labute approximate surface area is 256 Å². The zero-order chi connectivity index (χ0) is 31.6. The monoisotopic (exact) mass is 608 g/mol. The van der Waals surface area contributed by atoms with Crippen LogP contribution in [0.3, 0.4) is 0 Å². The number of benzene rings is 3. The lowest BCUT2D eigenvalue weighted by Crippen LogP contribution is -2.50. The summed E-state index contributed by atoms with van der Waals surface area (Å²) in [6.07, 6.45) is -2.30. The molecular weight excluding hydrogens is 580 g/mol. The summed E-state index contributed by atoms with van der Waals surface area (Å²) in [4.78, 5) is 59.2. The number of aromatic nitrogens is 3. The van der Waals surface area contributed by atoms with E-state index in [-0.39, 0.29) is 34.6 Å². The molecule has 3 heterocycles. The van der Waals surface area contributed by atoms with Crippen molar-refractivity contribution in [1.82, 2.24) is 14.5 Å². The zero-order valence-corrected chi connectivity index (χ0v) is 24.0. The van der Waals surface area contributed by atoms with Crippen molar-refractivity contribution in [3.63, 3.8) is 0 Å². The molecule has 2 aromatic heterocycles. The van der Waals surface area contributed by atoms with Gasteiger partial charge >= 0.3 is 17.9 Å². The highest BCUT2D eigenvalue weighted by molar-refractivity contribution is 5.91. The van der Waals surface area contributed by atoms with Crippen molar-refractivity contribution in [2.75, 3.05) is 12.3 Å². The van der Waals surface area contributed by atoms with E-state index < -0.39 is 47.5 Å². The van der Waals surface area contributed by atoms with Gasteiger partial charge in [-0.15, -0.1) is 0 Å². The highest BCUT2D eigenvalue weighted by atomic mass is 16.7. The second kappa shape index (κ2) is 12.1. The van der Waals surface area contributed by atoms with E-state index in [0.29, 0.717) is 5.56 Å². The Kier molecular flexibility index (Phi) is 7.88. The van der Waals surface area contributed by atoms with Gasteiger partial charge in [0.25, 0.3) is 5.56 Å². The van der Waals surface area contributed by atoms with Crippen LogP contribution in [0, 0.1) is 0 Å². The van der Waals surface area contributed by atoms with Crippen LogP contribution in [0.4, 0.5) is 5.82 Å². The number of nitrogens with two attached hydrogens (primary N) is 1. The lowest BCUT2D eigenvalue weighted by Gasteiger charge is -2.34. The number of esters is 3. The molecule has 0 saturated carbocycles. The number of pyridine rings is 1. The number of hydrogen-bond acceptors (Lipinski definition) is 10. The third kappa shape index (κ3) is 5.78. The molecule has 228 valence electrons. The van der Waals surface area contributed by atoms with E-state index in [1.165, 1.54) is 17.0 Å². The van der Waals surface area contributed by atoms with Crippen LogP contribution in [0.5, 0.6) is 0 Å². The Hall–Kier alpha value is -5.75. The number of imidazole rings is 1. The summed E-state index contributed by atoms with van der Waals surface area (Å²) in [5, 5.41) is 0. The van der Waals surface area contributed by atoms with Gasteiger partial charge in [-0.2, -0.15) is 0 Å². The fraction of sp³-hybridized carbons (Fsp3) is 0.182. The van der Waals surface area contributed by atoms with Crippen LogP contribution >= 0.6 is 0 Å². The number of nitrogens with one attached hydrogen (secondary N) is 1. The summed E-state index contributed by atoms with van der Waals surface area (Å²) in [5.74, 6) is -2.01. The molecule has 5 aromatic rings. The number of carbonyl (C=O) groups excluding carboxylic acids is 3. The minimum atomic E-state index is -1.74. The standard InChI is InChI=1S/C33H28N4O8/c1-33(45-31(41)22-15-9-4-10-16-22)27(44-30(40)21-13-7-3-8-14-21)24(18-42-29(39)20-11-5-2-6-12-20)43-32(33)37-19-35-26-23(37)17-25(34)36-28(26)38/h2-17,19,24,27,32H,18H2,1H3,(H3,34,36,38)/t24-,27+,32+,33-/m0/s1. The van der Waals surface area contributed by atoms with Gasteiger partial charge < -0.3 is 29.7 Å². The fourth-order valence-electron chi connectivity index (χ4n) is 5.31. The van der Waals surface area contributed by atoms with Crippen molar-refractivity contribution < 1.29 is 33.3 Å². The number of aromatic amines is 1. The van der Waals surface area contributed by atoms with Gasteiger partial charge in [0.2, 0.25) is 0 Å². The van der Waals surface area contributed by atoms with E-state index in [1.54, 1.807) is 97.9 Å². The third-order valence-electron chi connectivity index (χ3n) is 7.50. The van der Waals surface area contributed by atoms with Crippen LogP contribution < -0.4 is 11.3 Å². The van der Waals surface area contributed by atoms with Gasteiger partial charge in [0, 0.05) is 6.07 Å². The molecule has 0 spiro atoms. The van der Waals surface area contributed by atoms with E-state index in [9.17, 15) is 19.2 Å². The van der Waals surface area contributed by atoms with E-state index >= 15 is 0 Å². The molecule has 45 heavy (non-hydrogen) atoms. The summed E-state index contributed by atoms with van der Waals surface area (Å²) in [5.41, 5.74) is 4.78. The maximum Gasteiger partial charge on any atom is 0.338 e. The molecule has 0 amide bonds. The summed E-state index contributed by atoms with van der Waals surface area (Å²) < 4.78 is 25.7. The molecule has 0 unspecified atom stereocenters. The minimum absolute atomic E-state index is 0.0568. The molecule has 0 aliphatic carbocycles. The maximum absolute atomic E-state index is 13.5. The van der Waals surface area contributed by atoms with E-state index in [2.05, 4.69) is 9.97 Å². The Morgan fingerprint density at radius 1 is 0.889 bits per heavy atom. The number of nitrogen functional groups attached to an aromatic ring is 1. The average Bonchev–Trinajstić information content (AvgIpc) is 3.59. The van der Waals surface area contributed by atoms with E-state index in [1.807, 2.05) is 0 Å². The van der Waals surface area contributed by atoms with Crippen LogP contribution in [-0.2, 0) is 18.9 Å². The Bertz CT molecular complexity index is 1910. The smallest absolute Gasteiger partial charge is 0.338 e. The van der Waals surface area contributed by atoms with Crippen molar-refractivity contribution in [2.24, 2.45) is 0 Å². The van der Waals surface area contributed by atoms with Crippen molar-refractivity contribution in [2.45, 2.75) is 31.0 Å². The number of anilines is 1. The van der Waals surface area contributed by atoms with Crippen LogP contribution in [-0.4, -0.2) is 56.9 Å². The van der Waals surface area contributed by atoms with Gasteiger partial charge in [-0.25, -0.2) is 19.4 Å². The first-order chi connectivity index (χ1) is 21.7. The molecule has 1 saturated heterocycles. The van der Waals surface area contributed by atoms with Crippen molar-refractivity contribution in [3.05, 3.63) is 130 Å². The van der Waals surface area contributed by atoms with Gasteiger partial charge in [-0.3, -0.25) is 9.36 Å². The van der Waals surface area contributed by atoms with Gasteiger partial charge in [0.1, 0.15) is 18.5 Å². The first-order valence-electron chi connectivity index (χ1n) is 14.0. The number of nitrogens with zero attached hydrogens (tertiary/aromatic N) is 2. The predicted molar refractivity (Wildman–Crippen MR) is 161 cm³/mol. The van der Waals surface area contributed by atoms with Gasteiger partial charge in [0.15, 0.2) is 23.4 Å². The molecular formula is C33H28N4O8. The van der Waals surface area contributed by atoms with E-state index in [4.69, 9.17) is 24.7 Å². The first-order valence-corrected chi connectivity index (χ1v) is 14.0. The Morgan fingerprint density at radius 2 is 1.44 bits per heavy atom. The van der Waals surface area contributed by atoms with Gasteiger partial charge in [0.05, 0.1) is 28.5 Å². The molecule has 4 atom stereocenters. The maximum atomic E-state index is 13.5. The summed E-state index contributed by atoms with van der Waals surface area (Å²) in [7, 11) is 0. The quantitative estimate of drug-likeness (QED) is 0.195. The lowest BCUT2D eigenvalue weighted by molar-refractivity contribution is -0.108. The van der Waals surface area contributed by atoms with Crippen LogP contribution in [0.25, 0.3) is 11.0 Å². The largest absolute Gasteiger partial charge is 0.459 e. The summed E-state index contributed by atoms with van der Waals surface area (Å²) in [6, 6.07) is 26.4. The number of hydrogen-bond donors (Lipinski definition) is 2. The molecule has 12 heteroatoms. The van der Waals surface area contributed by atoms with Crippen molar-refractivity contribution in [3.8, 4) is 0 Å². The third-order valence-corrected chi connectivity index (χ3v) is 7.50. The highest BCUT2D eigenvalue weighted by Gasteiger charge is 2.60. The number of carbonyl (C=O) groups is 3. The summed E-state index contributed by atoms with van der Waals surface area (Å²) in [6.45, 7) is 1.17. The number of rotatable bonds is 8. The highest BCUT2D eigenvalue weighted by Crippen LogP contribution is 2.45. The average molecular weight is 609 g/mol. The first kappa shape index (κ1) is 29.3. The fourth-order valence-corrected chi connectivity index (χ4v) is 5.31. The normalized spacial score (nSPS) is 20.9. The molecule has 1 fully saturated rings. The van der Waals surface area contributed by atoms with Crippen LogP contribution in [0.15, 0.2) is 108 Å². The second-order valence-corrected chi connectivity index (χ2v) is 10.6. The van der Waals surface area contributed by atoms with E-state index in [0.717, 1.165) is 0 Å². The summed E-state index contributed by atoms with van der Waals surface area (Å²) >= 11 is 0. The minimum Gasteiger partial charge on any atom is -0.459 e. The molecule has 3 aromatic carbocycles. The molecule has 12 nitrogen and oxygen atoms in total. The zero-order valence-electron chi connectivity index (χ0n) is 24.0. The predicted octanol–water partition coefficient (Wildman–Crippen LogP) is 3.90. The Balaban J connectivity index is 1.43. The second-order valence-electron chi connectivity index (χ2n) is 10.6. The molecule has 6 rings (SSSR count). The van der Waals surface area contributed by atoms with Crippen molar-refractivity contribution in [1.29, 1.82) is 0 Å². The van der Waals surface area contributed by atoms with Crippen LogP contribution in [0.1, 0.15) is 44.2 Å². The van der Waals surface area contributed by atoms with Crippen LogP contribution in [0.2, 0.25) is 0 Å². The van der Waals surface area contributed by atoms with Crippen molar-refractivity contribution >= 4 is 34.8 Å². The SMILES string of the molecule is C[C@]1(OC(=O)c2ccccc2)[C@H](OC(=O)c2ccccc2)[C@H](COC(=O)c2ccccc2)O[C@H]1n1cnc2c(=O)[nH]c(N)cc21. The number of H-pyrrole nitrogens is 1. The van der Waals surface area contributed by atoms with Gasteiger partial charge in [-0.1, -0.05) is 54.6 Å². The lowest BCUT2D eigenvalue weighted by atomic mass is 9.95. The molecule has 1 aliphatic heterocycles. The Morgan fingerprint density at radius 3 is 2.04 bits per heavy atom. The molecule has 0 radical (unpaired) electrons. The van der Waals surface area contributed by atoms with Gasteiger partial charge in [-0.05, 0) is 43.3 Å². The molecule has 1 aliphatic rings. The number of fused-ring (bicyclic) bond motifs is 1.